The summed E-state index contributed by atoms with van der Waals surface area (Å²) in [6.45, 7) is 0. The topological polar surface area (TPSA) is 47.6 Å². The third-order valence-corrected chi connectivity index (χ3v) is 20.5. The molecule has 0 spiro atoms. The van der Waals surface area contributed by atoms with E-state index >= 15 is 0 Å². The van der Waals surface area contributed by atoms with E-state index in [2.05, 4.69) is 279 Å². The molecular weight excluding hydrogens is 1110 g/mol. The van der Waals surface area contributed by atoms with E-state index in [1.54, 1.807) is 0 Å². The van der Waals surface area contributed by atoms with E-state index in [1.807, 2.05) is 24.3 Å². The molecule has 418 valence electrons. The number of hydrogen-bond acceptors (Lipinski definition) is 2. The van der Waals surface area contributed by atoms with Crippen LogP contribution in [0.4, 0.5) is 0 Å². The summed E-state index contributed by atoms with van der Waals surface area (Å²) in [5.74, 6) is 0. The number of hydrogen-bond donors (Lipinski definition) is 0. The van der Waals surface area contributed by atoms with Crippen LogP contribution in [0.25, 0.3) is 209 Å². The molecule has 2 nitrogen and oxygen atoms in total. The van der Waals surface area contributed by atoms with Gasteiger partial charge in [-0.1, -0.05) is 231 Å². The zero-order valence-electron chi connectivity index (χ0n) is 49.6. The average molecular weight is 1160 g/mol. The van der Waals surface area contributed by atoms with Gasteiger partial charge in [-0.15, -0.1) is 0 Å². The highest BCUT2D eigenvalue weighted by Crippen LogP contribution is 2.60. The van der Waals surface area contributed by atoms with Gasteiger partial charge >= 0.3 is 0 Å². The second-order valence-electron chi connectivity index (χ2n) is 25.1. The van der Waals surface area contributed by atoms with Gasteiger partial charge in [-0.3, -0.25) is 0 Å². The number of benzene rings is 17. The van der Waals surface area contributed by atoms with Crippen molar-refractivity contribution in [2.24, 2.45) is 0 Å². The molecule has 17 aromatic carbocycles. The molecule has 0 bridgehead atoms. The predicted molar refractivity (Wildman–Crippen MR) is 384 cm³/mol. The van der Waals surface area contributed by atoms with Gasteiger partial charge in [-0.25, -0.2) is 0 Å². The Labute approximate surface area is 530 Å². The minimum atomic E-state index is 0.630. The molecule has 2 heteroatoms. The summed E-state index contributed by atoms with van der Waals surface area (Å²) in [5, 5.41) is 36.9. The summed E-state index contributed by atoms with van der Waals surface area (Å²) in [7, 11) is 0. The summed E-state index contributed by atoms with van der Waals surface area (Å²) in [6.07, 6.45) is 0. The Morgan fingerprint density at radius 1 is 0.174 bits per heavy atom. The van der Waals surface area contributed by atoms with Gasteiger partial charge in [-0.2, -0.15) is 10.5 Å². The molecule has 92 heavy (non-hydrogen) atoms. The van der Waals surface area contributed by atoms with Gasteiger partial charge in [0.2, 0.25) is 0 Å². The fourth-order valence-corrected chi connectivity index (χ4v) is 16.6. The standard InChI is InChI=1S/C90H48N2/c91-49-51-27-31-53(32-28-51)74-45-82-81(46-75(54-33-29-52(50-92)30-34-54)80-47-78-68-21-9-17-55-18-10-22-69(84(55)68)79(78)48-83(80)82)77-44-59(36-38-63(74)77)60-39-41-71-62-37-35-58(43-76(62)70-25-11-23-64(60)87(70)71)61-40-42-73-88-65(61)24-12-26-72(88)89-85(56-13-3-1-4-14-56)66-19-7-8-20-67(66)86(90(73)89)57-15-5-2-6-16-57/h1-48H. The second kappa shape index (κ2) is 19.0. The minimum absolute atomic E-state index is 0.630. The van der Waals surface area contributed by atoms with Crippen LogP contribution in [-0.4, -0.2) is 0 Å². The first kappa shape index (κ1) is 50.5. The van der Waals surface area contributed by atoms with E-state index < -0.39 is 0 Å². The summed E-state index contributed by atoms with van der Waals surface area (Å²) >= 11 is 0. The lowest BCUT2D eigenvalue weighted by atomic mass is 9.82. The Hall–Kier alpha value is -12.5. The van der Waals surface area contributed by atoms with Crippen molar-refractivity contribution >= 4 is 75.4 Å². The molecule has 0 saturated carbocycles. The maximum atomic E-state index is 9.96. The summed E-state index contributed by atoms with van der Waals surface area (Å²) < 4.78 is 0. The van der Waals surface area contributed by atoms with Crippen LogP contribution < -0.4 is 0 Å². The van der Waals surface area contributed by atoms with E-state index in [0.717, 1.165) is 54.7 Å². The number of nitrogens with zero attached hydrogens (tertiary/aromatic N) is 2. The van der Waals surface area contributed by atoms with Gasteiger partial charge < -0.3 is 0 Å². The van der Waals surface area contributed by atoms with Crippen LogP contribution in [0.2, 0.25) is 0 Å². The third kappa shape index (κ3) is 7.01. The fraction of sp³-hybridized carbons (Fsp3) is 0. The highest BCUT2D eigenvalue weighted by Gasteiger charge is 2.33. The van der Waals surface area contributed by atoms with Crippen molar-refractivity contribution in [3.63, 3.8) is 0 Å². The number of nitriles is 2. The van der Waals surface area contributed by atoms with Crippen molar-refractivity contribution in [3.05, 3.63) is 302 Å². The first-order valence-corrected chi connectivity index (χ1v) is 31.6. The van der Waals surface area contributed by atoms with Crippen LogP contribution >= 0.6 is 0 Å². The molecule has 0 aliphatic heterocycles. The molecule has 0 radical (unpaired) electrons. The van der Waals surface area contributed by atoms with Gasteiger partial charge in [0.25, 0.3) is 0 Å². The number of fused-ring (bicyclic) bond motifs is 15. The second-order valence-corrected chi connectivity index (χ2v) is 25.1. The maximum absolute atomic E-state index is 9.96. The van der Waals surface area contributed by atoms with Crippen LogP contribution in [0, 0.1) is 22.7 Å². The van der Waals surface area contributed by atoms with Crippen LogP contribution in [0.1, 0.15) is 11.1 Å². The normalized spacial score (nSPS) is 12.1. The lowest BCUT2D eigenvalue weighted by molar-refractivity contribution is 1.48. The van der Waals surface area contributed by atoms with E-state index in [9.17, 15) is 10.5 Å². The third-order valence-electron chi connectivity index (χ3n) is 20.5. The quantitative estimate of drug-likeness (QED) is 0.156. The molecule has 0 atom stereocenters. The van der Waals surface area contributed by atoms with Crippen molar-refractivity contribution in [1.29, 1.82) is 10.5 Å². The zero-order chi connectivity index (χ0) is 60.4. The molecule has 0 fully saturated rings. The molecule has 20 rings (SSSR count). The average Bonchev–Trinajstić information content (AvgIpc) is 1.49. The molecule has 0 amide bonds. The Morgan fingerprint density at radius 2 is 0.554 bits per heavy atom. The largest absolute Gasteiger partial charge is 0.192 e. The van der Waals surface area contributed by atoms with E-state index in [-0.39, 0.29) is 0 Å². The van der Waals surface area contributed by atoms with Crippen LogP contribution in [0.15, 0.2) is 291 Å². The maximum Gasteiger partial charge on any atom is 0.0991 e. The van der Waals surface area contributed by atoms with Crippen molar-refractivity contribution < 1.29 is 0 Å². The van der Waals surface area contributed by atoms with Crippen molar-refractivity contribution in [2.75, 3.05) is 0 Å². The van der Waals surface area contributed by atoms with Gasteiger partial charge in [0.1, 0.15) is 0 Å². The first-order chi connectivity index (χ1) is 45.5. The monoisotopic (exact) mass is 1160 g/mol. The Morgan fingerprint density at radius 3 is 1.14 bits per heavy atom. The molecule has 3 aliphatic carbocycles. The fourth-order valence-electron chi connectivity index (χ4n) is 16.6. The Kier molecular flexibility index (Phi) is 10.4. The Bertz CT molecular complexity index is 6180. The van der Waals surface area contributed by atoms with Gasteiger partial charge in [0.15, 0.2) is 0 Å². The first-order valence-electron chi connectivity index (χ1n) is 31.6. The summed E-state index contributed by atoms with van der Waals surface area (Å²) in [5.41, 5.74) is 30.5. The molecular formula is C90H48N2. The molecule has 0 saturated heterocycles. The molecule has 0 N–H and O–H groups in total. The smallest absolute Gasteiger partial charge is 0.0991 e. The van der Waals surface area contributed by atoms with Gasteiger partial charge in [-0.05, 0) is 270 Å². The van der Waals surface area contributed by atoms with E-state index in [4.69, 9.17) is 0 Å². The lowest BCUT2D eigenvalue weighted by Crippen LogP contribution is -1.93. The SMILES string of the molecule is N#Cc1ccc(-c2cc3c4cc5c(cc4c(-c4ccc(C#N)cc4)cc3c3cc(-c4ccc6c7c(cccc47)-c4cc(-c7ccc8c9c(cccc79)-c7c-8c(-c8ccccc8)c8ccccc8c7-c7ccccc7)ccc4-6)ccc23)-c2cccc3cccc-5c23)cc1. The van der Waals surface area contributed by atoms with Crippen LogP contribution in [-0.2, 0) is 0 Å². The predicted octanol–water partition coefficient (Wildman–Crippen LogP) is 24.4. The van der Waals surface area contributed by atoms with E-state index in [0.29, 0.717) is 11.1 Å². The van der Waals surface area contributed by atoms with Crippen LogP contribution in [0.5, 0.6) is 0 Å². The minimum Gasteiger partial charge on any atom is -0.192 e. The molecule has 0 unspecified atom stereocenters. The van der Waals surface area contributed by atoms with Crippen molar-refractivity contribution in [2.45, 2.75) is 0 Å². The Balaban J connectivity index is 0.769. The zero-order valence-corrected chi connectivity index (χ0v) is 49.6. The van der Waals surface area contributed by atoms with E-state index in [1.165, 1.54) is 154 Å². The highest BCUT2D eigenvalue weighted by atomic mass is 14.4. The van der Waals surface area contributed by atoms with Crippen molar-refractivity contribution in [1.82, 2.24) is 0 Å². The molecule has 3 aliphatic rings. The van der Waals surface area contributed by atoms with Crippen LogP contribution in [0.3, 0.4) is 0 Å². The van der Waals surface area contributed by atoms with Crippen molar-refractivity contribution in [3.8, 4) is 146 Å². The summed E-state index contributed by atoms with van der Waals surface area (Å²) in [6, 6.07) is 112. The molecule has 17 aromatic rings. The molecule has 0 heterocycles. The summed E-state index contributed by atoms with van der Waals surface area (Å²) in [4.78, 5) is 0. The van der Waals surface area contributed by atoms with Gasteiger partial charge in [0, 0.05) is 0 Å². The lowest BCUT2D eigenvalue weighted by Gasteiger charge is -2.20. The number of rotatable bonds is 6. The van der Waals surface area contributed by atoms with Gasteiger partial charge in [0.05, 0.1) is 23.3 Å². The molecule has 0 aromatic heterocycles. The highest BCUT2D eigenvalue weighted by molar-refractivity contribution is 6.31.